The summed E-state index contributed by atoms with van der Waals surface area (Å²) in [5.74, 6) is -0.378. The maximum Gasteiger partial charge on any atom is 0.240 e. The van der Waals surface area contributed by atoms with Crippen LogP contribution in [0.4, 0.5) is 0 Å². The lowest BCUT2D eigenvalue weighted by molar-refractivity contribution is -0.136. The summed E-state index contributed by atoms with van der Waals surface area (Å²) in [5, 5.41) is 2.64. The molecule has 0 heterocycles. The molecule has 2 amide bonds. The topological polar surface area (TPSA) is 75.4 Å². The molecule has 0 aromatic heterocycles. The lowest BCUT2D eigenvalue weighted by Gasteiger charge is -2.23. The monoisotopic (exact) mass is 227 g/mol. The third-order valence-corrected chi connectivity index (χ3v) is 2.14. The molecule has 0 aliphatic rings. The van der Waals surface area contributed by atoms with Gasteiger partial charge in [-0.1, -0.05) is 6.08 Å². The normalized spacial score (nSPS) is 11.7. The molecule has 5 nitrogen and oxygen atoms in total. The number of rotatable bonds is 7. The number of carbonyl (C=O) groups excluding carboxylic acids is 2. The van der Waals surface area contributed by atoms with Gasteiger partial charge in [-0.25, -0.2) is 0 Å². The van der Waals surface area contributed by atoms with Crippen LogP contribution in [0.1, 0.15) is 20.3 Å². The molecule has 16 heavy (non-hydrogen) atoms. The van der Waals surface area contributed by atoms with Crippen LogP contribution in [0, 0.1) is 0 Å². The van der Waals surface area contributed by atoms with E-state index in [1.807, 2.05) is 13.8 Å². The van der Waals surface area contributed by atoms with Gasteiger partial charge in [0.05, 0.1) is 12.6 Å². The van der Waals surface area contributed by atoms with E-state index in [-0.39, 0.29) is 18.4 Å². The van der Waals surface area contributed by atoms with Crippen molar-refractivity contribution in [2.75, 3.05) is 19.6 Å². The van der Waals surface area contributed by atoms with E-state index in [9.17, 15) is 9.59 Å². The zero-order chi connectivity index (χ0) is 12.6. The third kappa shape index (κ3) is 4.93. The highest BCUT2D eigenvalue weighted by Gasteiger charge is 2.20. The van der Waals surface area contributed by atoms with Gasteiger partial charge < -0.3 is 16.0 Å². The number of carbonyl (C=O) groups is 2. The van der Waals surface area contributed by atoms with Crippen LogP contribution < -0.4 is 11.1 Å². The third-order valence-electron chi connectivity index (χ3n) is 2.14. The van der Waals surface area contributed by atoms with Crippen LogP contribution >= 0.6 is 0 Å². The molecule has 0 aliphatic carbocycles. The molecule has 0 spiro atoms. The number of nitrogens with one attached hydrogen (secondary N) is 1. The second kappa shape index (κ2) is 7.87. The van der Waals surface area contributed by atoms with Crippen LogP contribution in [-0.2, 0) is 9.59 Å². The van der Waals surface area contributed by atoms with Gasteiger partial charge in [-0.3, -0.25) is 9.59 Å². The van der Waals surface area contributed by atoms with Crippen LogP contribution in [0.25, 0.3) is 0 Å². The Hall–Kier alpha value is -1.36. The van der Waals surface area contributed by atoms with Crippen molar-refractivity contribution in [1.82, 2.24) is 10.2 Å². The lowest BCUT2D eigenvalue weighted by atomic mass is 10.2. The van der Waals surface area contributed by atoms with Gasteiger partial charge in [-0.2, -0.15) is 0 Å². The van der Waals surface area contributed by atoms with Crippen LogP contribution in [-0.4, -0.2) is 42.4 Å². The van der Waals surface area contributed by atoms with Crippen molar-refractivity contribution in [3.05, 3.63) is 12.7 Å². The quantitative estimate of drug-likeness (QED) is 0.595. The fraction of sp³-hybridized carbons (Fsp3) is 0.636. The number of amides is 2. The predicted molar refractivity (Wildman–Crippen MR) is 63.7 cm³/mol. The fourth-order valence-electron chi connectivity index (χ4n) is 1.29. The molecule has 0 fully saturated rings. The SMILES string of the molecule is C=CCC(N)C(=O)N(CC)CC(=O)NCC. The molecule has 0 aromatic rings. The largest absolute Gasteiger partial charge is 0.355 e. The van der Waals surface area contributed by atoms with Gasteiger partial charge in [-0.05, 0) is 20.3 Å². The Balaban J connectivity index is 4.31. The van der Waals surface area contributed by atoms with Crippen molar-refractivity contribution >= 4 is 11.8 Å². The Morgan fingerprint density at radius 1 is 1.50 bits per heavy atom. The minimum atomic E-state index is -0.605. The van der Waals surface area contributed by atoms with Gasteiger partial charge in [-0.15, -0.1) is 6.58 Å². The number of hydrogen-bond donors (Lipinski definition) is 2. The van der Waals surface area contributed by atoms with Gasteiger partial charge in [0, 0.05) is 13.1 Å². The first-order chi connectivity index (χ1) is 7.56. The first kappa shape index (κ1) is 14.6. The van der Waals surface area contributed by atoms with Gasteiger partial charge >= 0.3 is 0 Å². The van der Waals surface area contributed by atoms with E-state index in [0.717, 1.165) is 0 Å². The molecule has 0 saturated heterocycles. The van der Waals surface area contributed by atoms with E-state index in [1.54, 1.807) is 6.08 Å². The van der Waals surface area contributed by atoms with E-state index in [4.69, 9.17) is 5.73 Å². The summed E-state index contributed by atoms with van der Waals surface area (Å²) < 4.78 is 0. The molecule has 0 aliphatic heterocycles. The number of nitrogens with zero attached hydrogens (tertiary/aromatic N) is 1. The summed E-state index contributed by atoms with van der Waals surface area (Å²) in [6.45, 7) is 8.27. The molecule has 5 heteroatoms. The molecule has 0 bridgehead atoms. The van der Waals surface area contributed by atoms with Crippen molar-refractivity contribution in [2.24, 2.45) is 5.73 Å². The fourth-order valence-corrected chi connectivity index (χ4v) is 1.29. The highest BCUT2D eigenvalue weighted by molar-refractivity contribution is 5.87. The average Bonchev–Trinajstić information content (AvgIpc) is 2.25. The minimum absolute atomic E-state index is 0.0635. The Morgan fingerprint density at radius 3 is 2.56 bits per heavy atom. The Labute approximate surface area is 96.7 Å². The molecular formula is C11H21N3O2. The molecular weight excluding hydrogens is 206 g/mol. The first-order valence-corrected chi connectivity index (χ1v) is 5.48. The number of likely N-dealkylation sites (N-methyl/N-ethyl adjacent to an activating group) is 2. The molecule has 0 aromatic carbocycles. The van der Waals surface area contributed by atoms with Crippen molar-refractivity contribution in [3.63, 3.8) is 0 Å². The standard InChI is InChI=1S/C11H21N3O2/c1-4-7-9(12)11(16)14(6-3)8-10(15)13-5-2/h4,9H,1,5-8,12H2,2-3H3,(H,13,15). The van der Waals surface area contributed by atoms with E-state index < -0.39 is 6.04 Å². The average molecular weight is 227 g/mol. The van der Waals surface area contributed by atoms with Gasteiger partial charge in [0.2, 0.25) is 11.8 Å². The van der Waals surface area contributed by atoms with Crippen molar-refractivity contribution in [1.29, 1.82) is 0 Å². The van der Waals surface area contributed by atoms with Gasteiger partial charge in [0.15, 0.2) is 0 Å². The highest BCUT2D eigenvalue weighted by Crippen LogP contribution is 1.97. The summed E-state index contributed by atoms with van der Waals surface area (Å²) in [5.41, 5.74) is 5.66. The maximum absolute atomic E-state index is 11.8. The molecule has 0 saturated carbocycles. The molecule has 3 N–H and O–H groups in total. The van der Waals surface area contributed by atoms with E-state index in [0.29, 0.717) is 19.5 Å². The zero-order valence-corrected chi connectivity index (χ0v) is 10.0. The Kier molecular flexibility index (Phi) is 7.20. The van der Waals surface area contributed by atoms with Crippen molar-refractivity contribution in [3.8, 4) is 0 Å². The second-order valence-corrected chi connectivity index (χ2v) is 3.44. The summed E-state index contributed by atoms with van der Waals surface area (Å²) in [6, 6.07) is -0.605. The predicted octanol–water partition coefficient (Wildman–Crippen LogP) is -0.126. The molecule has 1 atom stereocenters. The second-order valence-electron chi connectivity index (χ2n) is 3.44. The Bertz CT molecular complexity index is 254. The van der Waals surface area contributed by atoms with Gasteiger partial charge in [0.1, 0.15) is 0 Å². The zero-order valence-electron chi connectivity index (χ0n) is 10.0. The van der Waals surface area contributed by atoms with Crippen molar-refractivity contribution in [2.45, 2.75) is 26.3 Å². The van der Waals surface area contributed by atoms with Crippen molar-refractivity contribution < 1.29 is 9.59 Å². The first-order valence-electron chi connectivity index (χ1n) is 5.48. The molecule has 0 rings (SSSR count). The number of nitrogens with two attached hydrogens (primary N) is 1. The van der Waals surface area contributed by atoms with E-state index in [2.05, 4.69) is 11.9 Å². The van der Waals surface area contributed by atoms with Crippen LogP contribution in [0.5, 0.6) is 0 Å². The molecule has 92 valence electrons. The summed E-state index contributed by atoms with van der Waals surface area (Å²) in [6.07, 6.45) is 2.02. The van der Waals surface area contributed by atoms with Gasteiger partial charge in [0.25, 0.3) is 0 Å². The molecule has 0 radical (unpaired) electrons. The smallest absolute Gasteiger partial charge is 0.240 e. The Morgan fingerprint density at radius 2 is 2.12 bits per heavy atom. The lowest BCUT2D eigenvalue weighted by Crippen LogP contribution is -2.47. The maximum atomic E-state index is 11.8. The molecule has 1 unspecified atom stereocenters. The summed E-state index contributed by atoms with van der Waals surface area (Å²) in [7, 11) is 0. The van der Waals surface area contributed by atoms with Crippen LogP contribution in [0.15, 0.2) is 12.7 Å². The number of hydrogen-bond acceptors (Lipinski definition) is 3. The van der Waals surface area contributed by atoms with E-state index >= 15 is 0 Å². The van der Waals surface area contributed by atoms with E-state index in [1.165, 1.54) is 4.90 Å². The van der Waals surface area contributed by atoms with Crippen LogP contribution in [0.2, 0.25) is 0 Å². The highest BCUT2D eigenvalue weighted by atomic mass is 16.2. The summed E-state index contributed by atoms with van der Waals surface area (Å²) >= 11 is 0. The summed E-state index contributed by atoms with van der Waals surface area (Å²) in [4.78, 5) is 24.6. The van der Waals surface area contributed by atoms with Crippen LogP contribution in [0.3, 0.4) is 0 Å². The minimum Gasteiger partial charge on any atom is -0.355 e.